The standard InChI is InChI=1S/C21H27N3.2ClH/c1-16-14-23(15-17(2)22-16)12-7-13-24-20-10-5-3-8-18(20)19-9-4-6-11-21(19)24;;/h3-6,8-11,16-17,22H,7,12-15H2,1-2H3;2*1H/t16-,17+;;. The fourth-order valence-corrected chi connectivity index (χ4v) is 4.32. The number of para-hydroxylation sites is 2. The molecule has 3 aromatic rings. The van der Waals surface area contributed by atoms with Crippen molar-refractivity contribution in [3.8, 4) is 0 Å². The van der Waals surface area contributed by atoms with Crippen molar-refractivity contribution in [2.75, 3.05) is 19.6 Å². The number of nitrogens with zero attached hydrogens (tertiary/aromatic N) is 2. The molecule has 4 rings (SSSR count). The third-order valence-corrected chi connectivity index (χ3v) is 5.17. The molecule has 0 saturated carbocycles. The van der Waals surface area contributed by atoms with Gasteiger partial charge in [0.05, 0.1) is 0 Å². The van der Waals surface area contributed by atoms with Gasteiger partial charge in [0.25, 0.3) is 0 Å². The van der Waals surface area contributed by atoms with Crippen molar-refractivity contribution in [3.05, 3.63) is 48.5 Å². The zero-order chi connectivity index (χ0) is 16.5. The van der Waals surface area contributed by atoms with E-state index in [4.69, 9.17) is 0 Å². The highest BCUT2D eigenvalue weighted by molar-refractivity contribution is 6.07. The maximum atomic E-state index is 3.61. The van der Waals surface area contributed by atoms with E-state index in [1.807, 2.05) is 0 Å². The molecule has 3 nitrogen and oxygen atoms in total. The predicted octanol–water partition coefficient (Wildman–Crippen LogP) is 4.71. The summed E-state index contributed by atoms with van der Waals surface area (Å²) >= 11 is 0. The van der Waals surface area contributed by atoms with Gasteiger partial charge in [-0.1, -0.05) is 36.4 Å². The first kappa shape index (κ1) is 21.0. The summed E-state index contributed by atoms with van der Waals surface area (Å²) in [5.41, 5.74) is 2.72. The van der Waals surface area contributed by atoms with Gasteiger partial charge in [-0.3, -0.25) is 0 Å². The van der Waals surface area contributed by atoms with Crippen molar-refractivity contribution in [3.63, 3.8) is 0 Å². The first-order valence-corrected chi connectivity index (χ1v) is 9.17. The quantitative estimate of drug-likeness (QED) is 0.692. The number of hydrogen-bond acceptors (Lipinski definition) is 2. The number of benzene rings is 2. The summed E-state index contributed by atoms with van der Waals surface area (Å²) in [5.74, 6) is 0. The first-order valence-electron chi connectivity index (χ1n) is 9.17. The van der Waals surface area contributed by atoms with E-state index in [0.717, 1.165) is 19.6 Å². The number of aryl methyl sites for hydroxylation is 1. The molecule has 1 fully saturated rings. The molecule has 26 heavy (non-hydrogen) atoms. The van der Waals surface area contributed by atoms with Crippen molar-refractivity contribution in [1.29, 1.82) is 0 Å². The normalized spacial score (nSPS) is 20.7. The Hall–Kier alpha value is -1.26. The van der Waals surface area contributed by atoms with Crippen molar-refractivity contribution in [1.82, 2.24) is 14.8 Å². The van der Waals surface area contributed by atoms with Crippen molar-refractivity contribution in [2.45, 2.75) is 38.9 Å². The SMILES string of the molecule is C[C@@H]1CN(CCCn2c3ccccc3c3ccccc32)C[C@H](C)N1.Cl.Cl. The summed E-state index contributed by atoms with van der Waals surface area (Å²) < 4.78 is 2.50. The van der Waals surface area contributed by atoms with Crippen LogP contribution in [0.1, 0.15) is 20.3 Å². The van der Waals surface area contributed by atoms with E-state index in [9.17, 15) is 0 Å². The summed E-state index contributed by atoms with van der Waals surface area (Å²) in [6.45, 7) is 9.16. The average molecular weight is 394 g/mol. The lowest BCUT2D eigenvalue weighted by Crippen LogP contribution is -2.54. The summed E-state index contributed by atoms with van der Waals surface area (Å²) in [6.07, 6.45) is 1.20. The molecular formula is C21H29Cl2N3. The van der Waals surface area contributed by atoms with Crippen LogP contribution in [0.2, 0.25) is 0 Å². The minimum atomic E-state index is 0. The van der Waals surface area contributed by atoms with Crippen LogP contribution in [0.15, 0.2) is 48.5 Å². The molecule has 5 heteroatoms. The molecule has 0 aliphatic carbocycles. The van der Waals surface area contributed by atoms with E-state index >= 15 is 0 Å². The van der Waals surface area contributed by atoms with E-state index in [-0.39, 0.29) is 24.8 Å². The molecule has 0 radical (unpaired) electrons. The zero-order valence-electron chi connectivity index (χ0n) is 15.5. The fraction of sp³-hybridized carbons (Fsp3) is 0.429. The van der Waals surface area contributed by atoms with E-state index in [1.54, 1.807) is 0 Å². The molecule has 2 atom stereocenters. The summed E-state index contributed by atoms with van der Waals surface area (Å²) in [7, 11) is 0. The highest BCUT2D eigenvalue weighted by Crippen LogP contribution is 2.28. The lowest BCUT2D eigenvalue weighted by atomic mass is 10.1. The number of nitrogens with one attached hydrogen (secondary N) is 1. The maximum absolute atomic E-state index is 3.61. The number of hydrogen-bond donors (Lipinski definition) is 1. The van der Waals surface area contributed by atoms with Gasteiger partial charge in [0.2, 0.25) is 0 Å². The third-order valence-electron chi connectivity index (χ3n) is 5.17. The van der Waals surface area contributed by atoms with Gasteiger partial charge in [-0.15, -0.1) is 24.8 Å². The summed E-state index contributed by atoms with van der Waals surface area (Å²) in [6, 6.07) is 18.8. The molecule has 0 spiro atoms. The third kappa shape index (κ3) is 4.17. The predicted molar refractivity (Wildman–Crippen MR) is 117 cm³/mol. The van der Waals surface area contributed by atoms with Crippen molar-refractivity contribution in [2.24, 2.45) is 0 Å². The second-order valence-electron chi connectivity index (χ2n) is 7.27. The number of aromatic nitrogens is 1. The van der Waals surface area contributed by atoms with Gasteiger partial charge in [-0.25, -0.2) is 0 Å². The van der Waals surface area contributed by atoms with E-state index in [2.05, 4.69) is 77.2 Å². The van der Waals surface area contributed by atoms with Gasteiger partial charge in [-0.2, -0.15) is 0 Å². The van der Waals surface area contributed by atoms with E-state index in [1.165, 1.54) is 34.8 Å². The van der Waals surface area contributed by atoms with Crippen LogP contribution in [0.3, 0.4) is 0 Å². The molecule has 1 aliphatic heterocycles. The molecule has 0 amide bonds. The molecule has 1 aliphatic rings. The second kappa shape index (κ2) is 9.09. The van der Waals surface area contributed by atoms with E-state index < -0.39 is 0 Å². The lowest BCUT2D eigenvalue weighted by Gasteiger charge is -2.36. The van der Waals surface area contributed by atoms with Crippen LogP contribution < -0.4 is 5.32 Å². The largest absolute Gasteiger partial charge is 0.340 e. The highest BCUT2D eigenvalue weighted by atomic mass is 35.5. The Morgan fingerprint density at radius 3 is 1.85 bits per heavy atom. The van der Waals surface area contributed by atoms with Gasteiger partial charge in [0.1, 0.15) is 0 Å². The van der Waals surface area contributed by atoms with Crippen LogP contribution in [0, 0.1) is 0 Å². The first-order chi connectivity index (χ1) is 11.7. The molecular weight excluding hydrogens is 365 g/mol. The fourth-order valence-electron chi connectivity index (χ4n) is 4.32. The molecule has 0 bridgehead atoms. The number of halogens is 2. The summed E-state index contributed by atoms with van der Waals surface area (Å²) in [4.78, 5) is 2.61. The Kier molecular flexibility index (Phi) is 7.36. The van der Waals surface area contributed by atoms with Crippen LogP contribution in [-0.2, 0) is 6.54 Å². The van der Waals surface area contributed by atoms with Crippen LogP contribution >= 0.6 is 24.8 Å². The Labute approximate surface area is 168 Å². The molecule has 2 aromatic carbocycles. The Morgan fingerprint density at radius 2 is 1.31 bits per heavy atom. The summed E-state index contributed by atoms with van der Waals surface area (Å²) in [5, 5.41) is 6.36. The van der Waals surface area contributed by atoms with Crippen molar-refractivity contribution < 1.29 is 0 Å². The van der Waals surface area contributed by atoms with Gasteiger partial charge in [-0.05, 0) is 38.9 Å². The monoisotopic (exact) mass is 393 g/mol. The van der Waals surface area contributed by atoms with Crippen molar-refractivity contribution >= 4 is 46.6 Å². The minimum absolute atomic E-state index is 0. The average Bonchev–Trinajstić information content (AvgIpc) is 2.89. The molecule has 1 saturated heterocycles. The van der Waals surface area contributed by atoms with Crippen LogP contribution in [0.25, 0.3) is 21.8 Å². The van der Waals surface area contributed by atoms with Gasteiger partial charge >= 0.3 is 0 Å². The van der Waals surface area contributed by atoms with Gasteiger partial charge in [0, 0.05) is 53.5 Å². The topological polar surface area (TPSA) is 20.2 Å². The lowest BCUT2D eigenvalue weighted by molar-refractivity contribution is 0.170. The van der Waals surface area contributed by atoms with Gasteiger partial charge < -0.3 is 14.8 Å². The van der Waals surface area contributed by atoms with Crippen LogP contribution in [-0.4, -0.2) is 41.2 Å². The number of piperazine rings is 1. The maximum Gasteiger partial charge on any atom is 0.0491 e. The molecule has 142 valence electrons. The Bertz CT molecular complexity index is 782. The highest BCUT2D eigenvalue weighted by Gasteiger charge is 2.20. The number of fused-ring (bicyclic) bond motifs is 3. The molecule has 2 heterocycles. The number of rotatable bonds is 4. The molecule has 0 unspecified atom stereocenters. The van der Waals surface area contributed by atoms with Gasteiger partial charge in [0.15, 0.2) is 0 Å². The second-order valence-corrected chi connectivity index (χ2v) is 7.27. The minimum Gasteiger partial charge on any atom is -0.340 e. The Morgan fingerprint density at radius 1 is 0.808 bits per heavy atom. The van der Waals surface area contributed by atoms with E-state index in [0.29, 0.717) is 12.1 Å². The zero-order valence-corrected chi connectivity index (χ0v) is 17.2. The van der Waals surface area contributed by atoms with Crippen LogP contribution in [0.4, 0.5) is 0 Å². The Balaban J connectivity index is 0.00000121. The smallest absolute Gasteiger partial charge is 0.0491 e. The van der Waals surface area contributed by atoms with Crippen LogP contribution in [0.5, 0.6) is 0 Å². The molecule has 1 N–H and O–H groups in total. The molecule has 1 aromatic heterocycles.